The highest BCUT2D eigenvalue weighted by molar-refractivity contribution is 5.97. The van der Waals surface area contributed by atoms with Crippen LogP contribution in [0.1, 0.15) is 29.1 Å². The molecule has 3 heterocycles. The maximum atomic E-state index is 14.0. The fourth-order valence-electron chi connectivity index (χ4n) is 4.17. The molecule has 1 atom stereocenters. The number of fused-ring (bicyclic) bond motifs is 1. The van der Waals surface area contributed by atoms with Gasteiger partial charge in [-0.05, 0) is 42.1 Å². The van der Waals surface area contributed by atoms with Gasteiger partial charge in [0, 0.05) is 41.7 Å². The molecule has 0 aliphatic rings. The standard InChI is InChI=1S/C27H22N6O2/c1-17(32-26(34)24-25(28)31-14-13-30-24)22-15-18-7-5-11-21(19-8-6-12-29-16-19)23(18)27(35)33(22)20-9-3-2-4-10-20/h2-17H,1H3,(H2,28,31)(H,32,34). The van der Waals surface area contributed by atoms with Gasteiger partial charge in [0.15, 0.2) is 11.5 Å². The van der Waals surface area contributed by atoms with Crippen LogP contribution in [-0.4, -0.2) is 25.4 Å². The molecule has 2 aromatic carbocycles. The zero-order valence-corrected chi connectivity index (χ0v) is 18.9. The van der Waals surface area contributed by atoms with E-state index in [0.29, 0.717) is 16.8 Å². The Morgan fingerprint density at radius 2 is 1.77 bits per heavy atom. The minimum absolute atomic E-state index is 0.0348. The Morgan fingerprint density at radius 1 is 0.971 bits per heavy atom. The summed E-state index contributed by atoms with van der Waals surface area (Å²) in [6.07, 6.45) is 6.27. The van der Waals surface area contributed by atoms with Crippen molar-refractivity contribution in [2.45, 2.75) is 13.0 Å². The molecule has 3 aromatic heterocycles. The zero-order valence-electron chi connectivity index (χ0n) is 18.9. The van der Waals surface area contributed by atoms with Crippen LogP contribution in [0.5, 0.6) is 0 Å². The highest BCUT2D eigenvalue weighted by Gasteiger charge is 2.21. The van der Waals surface area contributed by atoms with Crippen LogP contribution >= 0.6 is 0 Å². The van der Waals surface area contributed by atoms with Gasteiger partial charge in [-0.15, -0.1) is 0 Å². The average Bonchev–Trinajstić information content (AvgIpc) is 2.89. The highest BCUT2D eigenvalue weighted by Crippen LogP contribution is 2.29. The first-order chi connectivity index (χ1) is 17.0. The summed E-state index contributed by atoms with van der Waals surface area (Å²) in [4.78, 5) is 39.1. The molecule has 5 aromatic rings. The molecule has 0 aliphatic heterocycles. The van der Waals surface area contributed by atoms with Gasteiger partial charge in [-0.3, -0.25) is 19.1 Å². The predicted octanol–water partition coefficient (Wildman–Crippen LogP) is 3.92. The molecule has 0 bridgehead atoms. The fraction of sp³-hybridized carbons (Fsp3) is 0.0741. The van der Waals surface area contributed by atoms with E-state index in [1.807, 2.05) is 73.7 Å². The molecule has 0 aliphatic carbocycles. The lowest BCUT2D eigenvalue weighted by molar-refractivity contribution is 0.0934. The van der Waals surface area contributed by atoms with Crippen LogP contribution in [0.4, 0.5) is 5.82 Å². The number of para-hydroxylation sites is 1. The Kier molecular flexibility index (Phi) is 5.76. The molecular weight excluding hydrogens is 440 g/mol. The maximum absolute atomic E-state index is 14.0. The number of carbonyl (C=O) groups is 1. The van der Waals surface area contributed by atoms with Crippen molar-refractivity contribution < 1.29 is 4.79 Å². The number of anilines is 1. The third kappa shape index (κ3) is 4.13. The van der Waals surface area contributed by atoms with Crippen molar-refractivity contribution in [3.8, 4) is 16.8 Å². The lowest BCUT2D eigenvalue weighted by Gasteiger charge is -2.21. The molecule has 0 saturated heterocycles. The van der Waals surface area contributed by atoms with E-state index in [0.717, 1.165) is 16.5 Å². The van der Waals surface area contributed by atoms with E-state index in [-0.39, 0.29) is 17.1 Å². The number of amides is 1. The summed E-state index contributed by atoms with van der Waals surface area (Å²) < 4.78 is 1.63. The molecule has 5 rings (SSSR count). The van der Waals surface area contributed by atoms with Gasteiger partial charge in [0.05, 0.1) is 11.4 Å². The second-order valence-corrected chi connectivity index (χ2v) is 8.04. The van der Waals surface area contributed by atoms with Gasteiger partial charge >= 0.3 is 0 Å². The highest BCUT2D eigenvalue weighted by atomic mass is 16.2. The minimum atomic E-state index is -0.539. The van der Waals surface area contributed by atoms with Crippen LogP contribution in [0.25, 0.3) is 27.6 Å². The summed E-state index contributed by atoms with van der Waals surface area (Å²) in [5.41, 5.74) is 8.63. The first-order valence-electron chi connectivity index (χ1n) is 11.1. The Balaban J connectivity index is 1.70. The summed E-state index contributed by atoms with van der Waals surface area (Å²) in [6, 6.07) is 20.2. The SMILES string of the molecule is CC(NC(=O)c1nccnc1N)c1cc2cccc(-c3cccnc3)c2c(=O)n1-c1ccccc1. The predicted molar refractivity (Wildman–Crippen MR) is 135 cm³/mol. The van der Waals surface area contributed by atoms with Gasteiger partial charge in [-0.25, -0.2) is 9.97 Å². The maximum Gasteiger partial charge on any atom is 0.274 e. The third-order valence-electron chi connectivity index (χ3n) is 5.80. The number of rotatable bonds is 5. The van der Waals surface area contributed by atoms with Crippen LogP contribution in [-0.2, 0) is 0 Å². The van der Waals surface area contributed by atoms with E-state index in [4.69, 9.17) is 5.73 Å². The summed E-state index contributed by atoms with van der Waals surface area (Å²) in [5.74, 6) is -0.434. The number of nitrogens with two attached hydrogens (primary N) is 1. The van der Waals surface area contributed by atoms with Crippen molar-refractivity contribution in [3.05, 3.63) is 113 Å². The lowest BCUT2D eigenvalue weighted by atomic mass is 9.99. The minimum Gasteiger partial charge on any atom is -0.382 e. The number of carbonyl (C=O) groups excluding carboxylic acids is 1. The molecule has 0 saturated carbocycles. The Morgan fingerprint density at radius 3 is 2.51 bits per heavy atom. The monoisotopic (exact) mass is 462 g/mol. The van der Waals surface area contributed by atoms with Crippen molar-refractivity contribution in [2.75, 3.05) is 5.73 Å². The van der Waals surface area contributed by atoms with Gasteiger partial charge in [0.2, 0.25) is 0 Å². The molecule has 1 amide bonds. The lowest BCUT2D eigenvalue weighted by Crippen LogP contribution is -2.33. The van der Waals surface area contributed by atoms with Gasteiger partial charge in [-0.1, -0.05) is 42.5 Å². The zero-order chi connectivity index (χ0) is 24.4. The number of benzene rings is 2. The molecule has 172 valence electrons. The fourth-order valence-corrected chi connectivity index (χ4v) is 4.17. The van der Waals surface area contributed by atoms with Crippen molar-refractivity contribution in [1.29, 1.82) is 0 Å². The number of hydrogen-bond acceptors (Lipinski definition) is 6. The van der Waals surface area contributed by atoms with E-state index in [1.165, 1.54) is 12.4 Å². The van der Waals surface area contributed by atoms with Crippen molar-refractivity contribution >= 4 is 22.5 Å². The van der Waals surface area contributed by atoms with Crippen molar-refractivity contribution in [3.63, 3.8) is 0 Å². The summed E-state index contributed by atoms with van der Waals surface area (Å²) in [6.45, 7) is 1.81. The number of nitrogens with zero attached hydrogens (tertiary/aromatic N) is 4. The number of hydrogen-bond donors (Lipinski definition) is 2. The van der Waals surface area contributed by atoms with Crippen LogP contribution in [0.3, 0.4) is 0 Å². The molecule has 0 radical (unpaired) electrons. The smallest absolute Gasteiger partial charge is 0.274 e. The molecule has 8 nitrogen and oxygen atoms in total. The van der Waals surface area contributed by atoms with Crippen molar-refractivity contribution in [2.24, 2.45) is 0 Å². The molecule has 1 unspecified atom stereocenters. The molecule has 3 N–H and O–H groups in total. The summed E-state index contributed by atoms with van der Waals surface area (Å²) in [5, 5.41) is 4.25. The van der Waals surface area contributed by atoms with Gasteiger partial charge in [-0.2, -0.15) is 0 Å². The van der Waals surface area contributed by atoms with E-state index in [2.05, 4.69) is 20.3 Å². The molecular formula is C27H22N6O2. The van der Waals surface area contributed by atoms with Gasteiger partial charge < -0.3 is 11.1 Å². The van der Waals surface area contributed by atoms with Crippen molar-refractivity contribution in [1.82, 2.24) is 24.8 Å². The quantitative estimate of drug-likeness (QED) is 0.409. The van der Waals surface area contributed by atoms with Crippen LogP contribution in [0.2, 0.25) is 0 Å². The average molecular weight is 463 g/mol. The van der Waals surface area contributed by atoms with Crippen LogP contribution in [0, 0.1) is 0 Å². The van der Waals surface area contributed by atoms with Gasteiger partial charge in [0.1, 0.15) is 0 Å². The second-order valence-electron chi connectivity index (χ2n) is 8.04. The number of nitrogen functional groups attached to an aromatic ring is 1. The topological polar surface area (TPSA) is 116 Å². The summed E-state index contributed by atoms with van der Waals surface area (Å²) >= 11 is 0. The van der Waals surface area contributed by atoms with Gasteiger partial charge in [0.25, 0.3) is 11.5 Å². The van der Waals surface area contributed by atoms with Crippen LogP contribution in [0.15, 0.2) is 96.3 Å². The Labute approximate surface area is 201 Å². The van der Waals surface area contributed by atoms with E-state index >= 15 is 0 Å². The molecule has 0 fully saturated rings. The van der Waals surface area contributed by atoms with E-state index in [1.54, 1.807) is 17.0 Å². The second kappa shape index (κ2) is 9.18. The van der Waals surface area contributed by atoms with E-state index in [9.17, 15) is 9.59 Å². The Hall–Kier alpha value is -4.85. The van der Waals surface area contributed by atoms with E-state index < -0.39 is 11.9 Å². The summed E-state index contributed by atoms with van der Waals surface area (Å²) in [7, 11) is 0. The molecule has 8 heteroatoms. The third-order valence-corrected chi connectivity index (χ3v) is 5.80. The number of aromatic nitrogens is 4. The normalized spacial score (nSPS) is 11.8. The number of nitrogens with one attached hydrogen (secondary N) is 1. The first kappa shape index (κ1) is 22.0. The molecule has 35 heavy (non-hydrogen) atoms. The largest absolute Gasteiger partial charge is 0.382 e. The number of pyridine rings is 2. The Bertz CT molecular complexity index is 1580. The first-order valence-corrected chi connectivity index (χ1v) is 11.1. The van der Waals surface area contributed by atoms with Crippen LogP contribution < -0.4 is 16.6 Å². The molecule has 0 spiro atoms.